The maximum absolute atomic E-state index is 11.4. The molecule has 0 saturated carbocycles. The van der Waals surface area contributed by atoms with Gasteiger partial charge in [0.2, 0.25) is 5.91 Å². The number of carbonyl (C=O) groups is 1. The highest BCUT2D eigenvalue weighted by Gasteiger charge is 2.56. The average Bonchev–Trinajstić information content (AvgIpc) is 2.67. The van der Waals surface area contributed by atoms with E-state index in [9.17, 15) is 9.90 Å². The lowest BCUT2D eigenvalue weighted by atomic mass is 10.1. The smallest absolute Gasteiger partial charge is 0.219 e. The van der Waals surface area contributed by atoms with Gasteiger partial charge in [0.15, 0.2) is 12.1 Å². The van der Waals surface area contributed by atoms with Crippen LogP contribution in [0.15, 0.2) is 0 Å². The summed E-state index contributed by atoms with van der Waals surface area (Å²) in [6, 6.07) is -0.315. The van der Waals surface area contributed by atoms with Gasteiger partial charge in [0.05, 0.1) is 12.6 Å². The van der Waals surface area contributed by atoms with Crippen molar-refractivity contribution in [3.05, 3.63) is 0 Å². The summed E-state index contributed by atoms with van der Waals surface area (Å²) in [5.41, 5.74) is 0. The van der Waals surface area contributed by atoms with Crippen molar-refractivity contribution in [3.63, 3.8) is 0 Å². The Morgan fingerprint density at radius 3 is 2.59 bits per heavy atom. The molecule has 6 nitrogen and oxygen atoms in total. The second-order valence-electron chi connectivity index (χ2n) is 4.95. The fraction of sp³-hybridized carbons (Fsp3) is 0.909. The molecule has 0 aromatic carbocycles. The van der Waals surface area contributed by atoms with Crippen molar-refractivity contribution in [2.75, 3.05) is 13.7 Å². The number of nitrogens with zero attached hydrogens (tertiary/aromatic N) is 1. The summed E-state index contributed by atoms with van der Waals surface area (Å²) in [6.45, 7) is 4.91. The van der Waals surface area contributed by atoms with E-state index in [0.717, 1.165) is 0 Å². The van der Waals surface area contributed by atoms with E-state index in [1.807, 2.05) is 0 Å². The summed E-state index contributed by atoms with van der Waals surface area (Å²) in [5, 5.41) is 9.28. The zero-order valence-electron chi connectivity index (χ0n) is 10.5. The molecule has 0 aromatic heterocycles. The molecule has 17 heavy (non-hydrogen) atoms. The molecule has 2 fully saturated rings. The maximum Gasteiger partial charge on any atom is 0.219 e. The molecule has 4 atom stereocenters. The standard InChI is InChI=1S/C11H19NO5/c1-6(14)12(4)8-7(5-13)15-10-9(8)16-11(2,3)17-10/h7-10,13H,5H2,1-4H3. The van der Waals surface area contributed by atoms with Gasteiger partial charge in [-0.05, 0) is 13.8 Å². The van der Waals surface area contributed by atoms with E-state index in [-0.39, 0.29) is 24.7 Å². The molecule has 4 unspecified atom stereocenters. The molecule has 2 rings (SSSR count). The monoisotopic (exact) mass is 245 g/mol. The number of amides is 1. The first kappa shape index (κ1) is 12.8. The highest BCUT2D eigenvalue weighted by molar-refractivity contribution is 5.73. The van der Waals surface area contributed by atoms with Crippen LogP contribution in [0.5, 0.6) is 0 Å². The Balaban J connectivity index is 2.19. The van der Waals surface area contributed by atoms with Gasteiger partial charge in [-0.25, -0.2) is 0 Å². The second-order valence-corrected chi connectivity index (χ2v) is 4.95. The number of aliphatic hydroxyl groups is 1. The summed E-state index contributed by atoms with van der Waals surface area (Å²) in [6.07, 6.45) is -1.33. The van der Waals surface area contributed by atoms with E-state index in [0.29, 0.717) is 0 Å². The molecular formula is C11H19NO5. The molecule has 1 N–H and O–H groups in total. The number of fused-ring (bicyclic) bond motifs is 1. The third-order valence-electron chi connectivity index (χ3n) is 3.24. The SMILES string of the molecule is CC(=O)N(C)C1C(CO)OC2OC(C)(C)OC21. The second kappa shape index (κ2) is 4.20. The molecule has 6 heteroatoms. The Kier molecular flexibility index (Phi) is 3.15. The van der Waals surface area contributed by atoms with Crippen LogP contribution in [0.1, 0.15) is 20.8 Å². The lowest BCUT2D eigenvalue weighted by Crippen LogP contribution is -2.49. The molecule has 2 saturated heterocycles. The first-order chi connectivity index (χ1) is 7.85. The number of rotatable bonds is 2. The van der Waals surface area contributed by atoms with Crippen molar-refractivity contribution in [3.8, 4) is 0 Å². The van der Waals surface area contributed by atoms with Gasteiger partial charge in [-0.15, -0.1) is 0 Å². The molecule has 0 aromatic rings. The van der Waals surface area contributed by atoms with Crippen molar-refractivity contribution in [1.82, 2.24) is 4.90 Å². The van der Waals surface area contributed by atoms with E-state index in [2.05, 4.69) is 0 Å². The zero-order valence-corrected chi connectivity index (χ0v) is 10.5. The first-order valence-corrected chi connectivity index (χ1v) is 5.71. The maximum atomic E-state index is 11.4. The summed E-state index contributed by atoms with van der Waals surface area (Å²) < 4.78 is 16.9. The van der Waals surface area contributed by atoms with Crippen molar-refractivity contribution >= 4 is 5.91 Å². The first-order valence-electron chi connectivity index (χ1n) is 5.71. The highest BCUT2D eigenvalue weighted by atomic mass is 16.8. The Morgan fingerprint density at radius 1 is 1.41 bits per heavy atom. The van der Waals surface area contributed by atoms with Crippen LogP contribution in [0, 0.1) is 0 Å². The lowest BCUT2D eigenvalue weighted by Gasteiger charge is -2.31. The van der Waals surface area contributed by atoms with Crippen molar-refractivity contribution in [1.29, 1.82) is 0 Å². The van der Waals surface area contributed by atoms with Gasteiger partial charge in [-0.3, -0.25) is 4.79 Å². The van der Waals surface area contributed by atoms with E-state index >= 15 is 0 Å². The Morgan fingerprint density at radius 2 is 2.06 bits per heavy atom. The minimum absolute atomic E-state index is 0.0917. The van der Waals surface area contributed by atoms with Gasteiger partial charge in [0.1, 0.15) is 12.2 Å². The van der Waals surface area contributed by atoms with Crippen LogP contribution in [0.25, 0.3) is 0 Å². The Hall–Kier alpha value is -0.690. The quantitative estimate of drug-likeness (QED) is 0.723. The van der Waals surface area contributed by atoms with Crippen LogP contribution in [-0.4, -0.2) is 59.9 Å². The van der Waals surface area contributed by atoms with Crippen molar-refractivity contribution < 1.29 is 24.1 Å². The molecule has 2 aliphatic rings. The van der Waals surface area contributed by atoms with Crippen molar-refractivity contribution in [2.45, 2.75) is 51.1 Å². The number of ether oxygens (including phenoxy) is 3. The van der Waals surface area contributed by atoms with E-state index in [4.69, 9.17) is 14.2 Å². The molecule has 2 heterocycles. The number of hydrogen-bond donors (Lipinski definition) is 1. The fourth-order valence-corrected chi connectivity index (χ4v) is 2.39. The topological polar surface area (TPSA) is 68.2 Å². The number of likely N-dealkylation sites (N-methyl/N-ethyl adjacent to an activating group) is 1. The molecule has 0 aliphatic carbocycles. The minimum atomic E-state index is -0.717. The average molecular weight is 245 g/mol. The Labute approximate surface area is 100 Å². The predicted molar refractivity (Wildman–Crippen MR) is 58.0 cm³/mol. The summed E-state index contributed by atoms with van der Waals surface area (Å²) >= 11 is 0. The molecule has 0 spiro atoms. The van der Waals surface area contributed by atoms with Gasteiger partial charge < -0.3 is 24.2 Å². The predicted octanol–water partition coefficient (Wildman–Crippen LogP) is -0.298. The van der Waals surface area contributed by atoms with Crippen LogP contribution in [0.4, 0.5) is 0 Å². The van der Waals surface area contributed by atoms with Gasteiger partial charge >= 0.3 is 0 Å². The Bertz CT molecular complexity index is 319. The van der Waals surface area contributed by atoms with Crippen LogP contribution >= 0.6 is 0 Å². The molecule has 0 bridgehead atoms. The normalized spacial score (nSPS) is 39.1. The van der Waals surface area contributed by atoms with E-state index in [1.165, 1.54) is 11.8 Å². The summed E-state index contributed by atoms with van der Waals surface area (Å²) in [5.74, 6) is -0.808. The van der Waals surface area contributed by atoms with Crippen molar-refractivity contribution in [2.24, 2.45) is 0 Å². The molecule has 2 aliphatic heterocycles. The molecule has 0 radical (unpaired) electrons. The number of aliphatic hydroxyl groups excluding tert-OH is 1. The minimum Gasteiger partial charge on any atom is -0.394 e. The van der Waals surface area contributed by atoms with Gasteiger partial charge in [-0.1, -0.05) is 0 Å². The third kappa shape index (κ3) is 2.18. The third-order valence-corrected chi connectivity index (χ3v) is 3.24. The van der Waals surface area contributed by atoms with Gasteiger partial charge in [-0.2, -0.15) is 0 Å². The lowest BCUT2D eigenvalue weighted by molar-refractivity contribution is -0.214. The van der Waals surface area contributed by atoms with E-state index in [1.54, 1.807) is 20.9 Å². The summed E-state index contributed by atoms with van der Waals surface area (Å²) in [4.78, 5) is 13.0. The molecule has 98 valence electrons. The zero-order chi connectivity index (χ0) is 12.8. The number of hydrogen-bond acceptors (Lipinski definition) is 5. The summed E-state index contributed by atoms with van der Waals surface area (Å²) in [7, 11) is 1.68. The highest BCUT2D eigenvalue weighted by Crippen LogP contribution is 2.38. The fourth-order valence-electron chi connectivity index (χ4n) is 2.39. The van der Waals surface area contributed by atoms with Crippen LogP contribution < -0.4 is 0 Å². The van der Waals surface area contributed by atoms with Gasteiger partial charge in [0, 0.05) is 14.0 Å². The van der Waals surface area contributed by atoms with Crippen LogP contribution in [-0.2, 0) is 19.0 Å². The van der Waals surface area contributed by atoms with Crippen LogP contribution in [0.3, 0.4) is 0 Å². The van der Waals surface area contributed by atoms with E-state index < -0.39 is 18.2 Å². The molecular weight excluding hydrogens is 226 g/mol. The largest absolute Gasteiger partial charge is 0.394 e. The molecule has 1 amide bonds. The van der Waals surface area contributed by atoms with Crippen LogP contribution in [0.2, 0.25) is 0 Å². The number of carbonyl (C=O) groups excluding carboxylic acids is 1. The van der Waals surface area contributed by atoms with Gasteiger partial charge in [0.25, 0.3) is 0 Å².